The summed E-state index contributed by atoms with van der Waals surface area (Å²) in [5.41, 5.74) is 4.47. The van der Waals surface area contributed by atoms with Crippen LogP contribution in [0.4, 0.5) is 0 Å². The topological polar surface area (TPSA) is 12.0 Å². The van der Waals surface area contributed by atoms with Gasteiger partial charge in [-0.1, -0.05) is 45.4 Å². The second-order valence-electron chi connectivity index (χ2n) is 7.26. The lowest BCUT2D eigenvalue weighted by atomic mass is 9.71. The van der Waals surface area contributed by atoms with E-state index >= 15 is 0 Å². The van der Waals surface area contributed by atoms with Crippen LogP contribution >= 0.6 is 0 Å². The molecule has 0 aromatic heterocycles. The van der Waals surface area contributed by atoms with E-state index in [9.17, 15) is 0 Å². The maximum Gasteiger partial charge on any atom is 0.0354 e. The van der Waals surface area contributed by atoms with Gasteiger partial charge >= 0.3 is 0 Å². The normalized spacial score (nSPS) is 27.6. The van der Waals surface area contributed by atoms with Gasteiger partial charge in [0.2, 0.25) is 0 Å². The Kier molecular flexibility index (Phi) is 5.87. The second kappa shape index (κ2) is 7.45. The third-order valence-electron chi connectivity index (χ3n) is 5.58. The van der Waals surface area contributed by atoms with Gasteiger partial charge in [0.1, 0.15) is 0 Å². The molecule has 0 heterocycles. The summed E-state index contributed by atoms with van der Waals surface area (Å²) in [7, 11) is 0. The Morgan fingerprint density at radius 2 is 1.76 bits per heavy atom. The molecule has 0 bridgehead atoms. The summed E-state index contributed by atoms with van der Waals surface area (Å²) in [6.45, 7) is 12.8. The molecule has 1 aromatic carbocycles. The summed E-state index contributed by atoms with van der Waals surface area (Å²) in [5.74, 6) is 2.55. The van der Waals surface area contributed by atoms with Crippen molar-refractivity contribution in [3.8, 4) is 0 Å². The predicted octanol–water partition coefficient (Wildman–Crippen LogP) is 5.42. The Labute approximate surface area is 131 Å². The molecule has 118 valence electrons. The van der Waals surface area contributed by atoms with E-state index in [0.717, 1.165) is 24.3 Å². The molecule has 2 rings (SSSR count). The number of benzene rings is 1. The Morgan fingerprint density at radius 1 is 1.10 bits per heavy atom. The zero-order valence-corrected chi connectivity index (χ0v) is 14.6. The molecule has 1 aliphatic rings. The molecule has 1 N–H and O–H groups in total. The molecular weight excluding hydrogens is 254 g/mol. The van der Waals surface area contributed by atoms with Gasteiger partial charge in [-0.15, -0.1) is 0 Å². The van der Waals surface area contributed by atoms with E-state index in [-0.39, 0.29) is 0 Å². The molecule has 4 unspecified atom stereocenters. The predicted molar refractivity (Wildman–Crippen MR) is 92.6 cm³/mol. The van der Waals surface area contributed by atoms with Gasteiger partial charge in [-0.25, -0.2) is 0 Å². The number of aryl methyl sites for hydroxylation is 2. The lowest BCUT2D eigenvalue weighted by Gasteiger charge is -2.38. The van der Waals surface area contributed by atoms with Crippen molar-refractivity contribution in [1.82, 2.24) is 5.32 Å². The van der Waals surface area contributed by atoms with E-state index in [4.69, 9.17) is 0 Å². The molecule has 0 saturated heterocycles. The molecule has 1 aromatic rings. The van der Waals surface area contributed by atoms with E-state index in [1.807, 2.05) is 0 Å². The van der Waals surface area contributed by atoms with Gasteiger partial charge in [0.05, 0.1) is 0 Å². The van der Waals surface area contributed by atoms with Gasteiger partial charge < -0.3 is 5.32 Å². The Balaban J connectivity index is 2.26. The van der Waals surface area contributed by atoms with E-state index in [2.05, 4.69) is 58.1 Å². The fraction of sp³-hybridized carbons (Fsp3) is 0.700. The van der Waals surface area contributed by atoms with Crippen molar-refractivity contribution in [2.24, 2.45) is 17.8 Å². The summed E-state index contributed by atoms with van der Waals surface area (Å²) in [4.78, 5) is 0. The summed E-state index contributed by atoms with van der Waals surface area (Å²) >= 11 is 0. The van der Waals surface area contributed by atoms with Crippen molar-refractivity contribution in [3.63, 3.8) is 0 Å². The van der Waals surface area contributed by atoms with Gasteiger partial charge in [0.15, 0.2) is 0 Å². The smallest absolute Gasteiger partial charge is 0.0354 e. The molecule has 1 heteroatoms. The van der Waals surface area contributed by atoms with Crippen LogP contribution in [0.1, 0.15) is 69.2 Å². The fourth-order valence-corrected chi connectivity index (χ4v) is 4.01. The molecule has 4 atom stereocenters. The first kappa shape index (κ1) is 16.5. The van der Waals surface area contributed by atoms with Gasteiger partial charge in [-0.05, 0) is 74.1 Å². The van der Waals surface area contributed by atoms with Crippen LogP contribution in [-0.4, -0.2) is 6.54 Å². The molecular formula is C20H33N. The Morgan fingerprint density at radius 3 is 2.33 bits per heavy atom. The largest absolute Gasteiger partial charge is 0.310 e. The number of hydrogen-bond donors (Lipinski definition) is 1. The SMILES string of the molecule is CCCNC(c1c(C)cccc1C)C1CCC(C)C(C)C1. The van der Waals surface area contributed by atoms with Crippen LogP contribution < -0.4 is 5.32 Å². The van der Waals surface area contributed by atoms with E-state index < -0.39 is 0 Å². The highest BCUT2D eigenvalue weighted by Gasteiger charge is 2.31. The lowest BCUT2D eigenvalue weighted by molar-refractivity contribution is 0.170. The first-order chi connectivity index (χ1) is 10.0. The molecule has 0 aliphatic heterocycles. The summed E-state index contributed by atoms with van der Waals surface area (Å²) in [6.07, 6.45) is 5.35. The lowest BCUT2D eigenvalue weighted by Crippen LogP contribution is -2.34. The van der Waals surface area contributed by atoms with Gasteiger partial charge in [-0.2, -0.15) is 0 Å². The van der Waals surface area contributed by atoms with Crippen LogP contribution in [0.15, 0.2) is 18.2 Å². The number of rotatable bonds is 5. The minimum atomic E-state index is 0.543. The number of hydrogen-bond acceptors (Lipinski definition) is 1. The van der Waals surface area contributed by atoms with Crippen molar-refractivity contribution in [2.45, 2.75) is 66.3 Å². The maximum absolute atomic E-state index is 3.87. The number of nitrogens with one attached hydrogen (secondary N) is 1. The second-order valence-corrected chi connectivity index (χ2v) is 7.26. The van der Waals surface area contributed by atoms with Crippen molar-refractivity contribution in [1.29, 1.82) is 0 Å². The van der Waals surface area contributed by atoms with Crippen molar-refractivity contribution >= 4 is 0 Å². The minimum Gasteiger partial charge on any atom is -0.310 e. The monoisotopic (exact) mass is 287 g/mol. The molecule has 1 aliphatic carbocycles. The van der Waals surface area contributed by atoms with Crippen LogP contribution in [0.5, 0.6) is 0 Å². The summed E-state index contributed by atoms with van der Waals surface area (Å²) in [5, 5.41) is 3.87. The van der Waals surface area contributed by atoms with Crippen LogP contribution in [0.25, 0.3) is 0 Å². The molecule has 1 fully saturated rings. The highest BCUT2D eigenvalue weighted by Crippen LogP contribution is 2.41. The van der Waals surface area contributed by atoms with Gasteiger partial charge in [0.25, 0.3) is 0 Å². The summed E-state index contributed by atoms with van der Waals surface area (Å²) in [6, 6.07) is 7.29. The highest BCUT2D eigenvalue weighted by atomic mass is 14.9. The first-order valence-electron chi connectivity index (χ1n) is 8.84. The van der Waals surface area contributed by atoms with Gasteiger partial charge in [-0.3, -0.25) is 0 Å². The molecule has 1 saturated carbocycles. The third kappa shape index (κ3) is 3.88. The van der Waals surface area contributed by atoms with E-state index in [0.29, 0.717) is 6.04 Å². The maximum atomic E-state index is 3.87. The molecule has 1 nitrogen and oxygen atoms in total. The quantitative estimate of drug-likeness (QED) is 0.763. The Bertz CT molecular complexity index is 431. The zero-order valence-electron chi connectivity index (χ0n) is 14.6. The Hall–Kier alpha value is -0.820. The van der Waals surface area contributed by atoms with Crippen molar-refractivity contribution < 1.29 is 0 Å². The first-order valence-corrected chi connectivity index (χ1v) is 8.84. The van der Waals surface area contributed by atoms with E-state index in [1.54, 1.807) is 5.56 Å². The van der Waals surface area contributed by atoms with Crippen LogP contribution in [0.3, 0.4) is 0 Å². The van der Waals surface area contributed by atoms with Crippen LogP contribution in [-0.2, 0) is 0 Å². The van der Waals surface area contributed by atoms with Crippen molar-refractivity contribution in [3.05, 3.63) is 34.9 Å². The average Bonchev–Trinajstić information content (AvgIpc) is 2.45. The van der Waals surface area contributed by atoms with Crippen LogP contribution in [0, 0.1) is 31.6 Å². The zero-order chi connectivity index (χ0) is 15.4. The molecule has 21 heavy (non-hydrogen) atoms. The molecule has 0 spiro atoms. The summed E-state index contributed by atoms with van der Waals surface area (Å²) < 4.78 is 0. The highest BCUT2D eigenvalue weighted by molar-refractivity contribution is 5.36. The van der Waals surface area contributed by atoms with E-state index in [1.165, 1.54) is 36.8 Å². The standard InChI is InChI=1S/C20H33N/c1-6-12-21-20(18-11-10-14(2)17(5)13-18)19-15(3)8-7-9-16(19)4/h7-9,14,17-18,20-21H,6,10-13H2,1-5H3. The van der Waals surface area contributed by atoms with Gasteiger partial charge in [0, 0.05) is 6.04 Å². The average molecular weight is 287 g/mol. The third-order valence-corrected chi connectivity index (χ3v) is 5.58. The minimum absolute atomic E-state index is 0.543. The molecule has 0 radical (unpaired) electrons. The molecule has 0 amide bonds. The van der Waals surface area contributed by atoms with Crippen molar-refractivity contribution in [2.75, 3.05) is 6.54 Å². The van der Waals surface area contributed by atoms with Crippen LogP contribution in [0.2, 0.25) is 0 Å². The fourth-order valence-electron chi connectivity index (χ4n) is 4.01.